The molecular formula is C20H32FN5O2S. The number of rotatable bonds is 6. The Kier molecular flexibility index (Phi) is 7.34. The summed E-state index contributed by atoms with van der Waals surface area (Å²) in [6.45, 7) is 9.71. The molecule has 2 aliphatic heterocycles. The van der Waals surface area contributed by atoms with Gasteiger partial charge in [0.05, 0.1) is 23.7 Å². The predicted octanol–water partition coefficient (Wildman–Crippen LogP) is 1.21. The molecule has 2 heterocycles. The topological polar surface area (TPSA) is 77.0 Å². The van der Waals surface area contributed by atoms with Crippen LogP contribution in [0.4, 0.5) is 10.1 Å². The zero-order chi connectivity index (χ0) is 20.9. The standard InChI is InChI=1S/C20H32FN5O2S/c1-3-22-20(24-17-7-12-29(27,28)15-17)23-14-16-5-6-19(18(21)13-16)26-10-8-25(4-2)9-11-26/h5-6,13,17H,3-4,7-12,14-15H2,1-2H3,(H2,22,23,24). The van der Waals surface area contributed by atoms with Crippen LogP contribution in [0.1, 0.15) is 25.8 Å². The first-order chi connectivity index (χ1) is 13.9. The number of halogens is 1. The molecule has 162 valence electrons. The Bertz CT molecular complexity index is 822. The van der Waals surface area contributed by atoms with Crippen molar-refractivity contribution in [3.8, 4) is 0 Å². The lowest BCUT2D eigenvalue weighted by Gasteiger charge is -2.35. The number of anilines is 1. The van der Waals surface area contributed by atoms with E-state index in [1.54, 1.807) is 6.07 Å². The fourth-order valence-corrected chi connectivity index (χ4v) is 5.48. The Hall–Kier alpha value is -1.87. The third kappa shape index (κ3) is 6.05. The summed E-state index contributed by atoms with van der Waals surface area (Å²) in [5, 5.41) is 6.32. The molecule has 2 fully saturated rings. The molecule has 9 heteroatoms. The van der Waals surface area contributed by atoms with Crippen molar-refractivity contribution in [2.75, 3.05) is 55.7 Å². The van der Waals surface area contributed by atoms with E-state index in [-0.39, 0.29) is 23.4 Å². The van der Waals surface area contributed by atoms with Gasteiger partial charge >= 0.3 is 0 Å². The molecule has 0 radical (unpaired) electrons. The highest BCUT2D eigenvalue weighted by atomic mass is 32.2. The molecule has 7 nitrogen and oxygen atoms in total. The zero-order valence-corrected chi connectivity index (χ0v) is 18.1. The summed E-state index contributed by atoms with van der Waals surface area (Å²) >= 11 is 0. The molecule has 29 heavy (non-hydrogen) atoms. The Labute approximate surface area is 173 Å². The smallest absolute Gasteiger partial charge is 0.191 e. The number of aliphatic imine (C=N–C) groups is 1. The normalized spacial score (nSPS) is 22.7. The number of piperazine rings is 1. The van der Waals surface area contributed by atoms with Gasteiger partial charge < -0.3 is 20.4 Å². The van der Waals surface area contributed by atoms with Gasteiger partial charge in [-0.3, -0.25) is 0 Å². The molecule has 0 aromatic heterocycles. The maximum atomic E-state index is 14.7. The Morgan fingerprint density at radius 2 is 2.00 bits per heavy atom. The average molecular weight is 426 g/mol. The molecule has 0 aliphatic carbocycles. The SMILES string of the molecule is CCNC(=NCc1ccc(N2CCN(CC)CC2)c(F)c1)NC1CCS(=O)(=O)C1. The van der Waals surface area contributed by atoms with Crippen LogP contribution in [0, 0.1) is 5.82 Å². The van der Waals surface area contributed by atoms with E-state index in [1.165, 1.54) is 0 Å². The molecule has 3 rings (SSSR count). The first-order valence-electron chi connectivity index (χ1n) is 10.4. The van der Waals surface area contributed by atoms with Crippen molar-refractivity contribution in [3.05, 3.63) is 29.6 Å². The van der Waals surface area contributed by atoms with E-state index in [1.807, 2.05) is 19.1 Å². The van der Waals surface area contributed by atoms with Crippen LogP contribution in [0.15, 0.2) is 23.2 Å². The number of hydrogen-bond acceptors (Lipinski definition) is 5. The zero-order valence-electron chi connectivity index (χ0n) is 17.3. The van der Waals surface area contributed by atoms with Crippen LogP contribution in [-0.2, 0) is 16.4 Å². The summed E-state index contributed by atoms with van der Waals surface area (Å²) in [4.78, 5) is 8.97. The molecule has 2 N–H and O–H groups in total. The quantitative estimate of drug-likeness (QED) is 0.527. The van der Waals surface area contributed by atoms with Crippen LogP contribution in [0.5, 0.6) is 0 Å². The molecule has 0 bridgehead atoms. The van der Waals surface area contributed by atoms with Gasteiger partial charge in [0.15, 0.2) is 15.8 Å². The van der Waals surface area contributed by atoms with Crippen LogP contribution >= 0.6 is 0 Å². The lowest BCUT2D eigenvalue weighted by molar-refractivity contribution is 0.270. The highest BCUT2D eigenvalue weighted by Gasteiger charge is 2.28. The second kappa shape index (κ2) is 9.75. The fourth-order valence-electron chi connectivity index (χ4n) is 3.80. The summed E-state index contributed by atoms with van der Waals surface area (Å²) in [6, 6.07) is 5.18. The third-order valence-corrected chi connectivity index (χ3v) is 7.28. The number of hydrogen-bond donors (Lipinski definition) is 2. The molecule has 0 saturated carbocycles. The second-order valence-electron chi connectivity index (χ2n) is 7.65. The maximum Gasteiger partial charge on any atom is 0.191 e. The molecule has 0 spiro atoms. The first-order valence-corrected chi connectivity index (χ1v) is 12.2. The fraction of sp³-hybridized carbons (Fsp3) is 0.650. The minimum absolute atomic E-state index is 0.126. The molecule has 1 atom stereocenters. The number of sulfone groups is 1. The van der Waals surface area contributed by atoms with Gasteiger partial charge in [0, 0.05) is 38.8 Å². The van der Waals surface area contributed by atoms with Crippen molar-refractivity contribution in [2.24, 2.45) is 4.99 Å². The van der Waals surface area contributed by atoms with Crippen LogP contribution in [0.25, 0.3) is 0 Å². The second-order valence-corrected chi connectivity index (χ2v) is 9.88. The largest absolute Gasteiger partial charge is 0.367 e. The average Bonchev–Trinajstić information content (AvgIpc) is 3.05. The van der Waals surface area contributed by atoms with Crippen molar-refractivity contribution in [3.63, 3.8) is 0 Å². The van der Waals surface area contributed by atoms with Crippen molar-refractivity contribution >= 4 is 21.5 Å². The van der Waals surface area contributed by atoms with E-state index in [0.717, 1.165) is 38.3 Å². The van der Waals surface area contributed by atoms with E-state index in [0.29, 0.717) is 31.2 Å². The van der Waals surface area contributed by atoms with Gasteiger partial charge in [0.25, 0.3) is 0 Å². The lowest BCUT2D eigenvalue weighted by Crippen LogP contribution is -2.46. The van der Waals surface area contributed by atoms with E-state index < -0.39 is 9.84 Å². The van der Waals surface area contributed by atoms with Crippen LogP contribution in [0.2, 0.25) is 0 Å². The highest BCUT2D eigenvalue weighted by Crippen LogP contribution is 2.22. The minimum Gasteiger partial charge on any atom is -0.367 e. The molecule has 2 saturated heterocycles. The van der Waals surface area contributed by atoms with E-state index in [2.05, 4.69) is 32.3 Å². The Balaban J connectivity index is 1.61. The third-order valence-electron chi connectivity index (χ3n) is 5.51. The molecule has 1 aromatic carbocycles. The number of nitrogens with one attached hydrogen (secondary N) is 2. The molecule has 2 aliphatic rings. The highest BCUT2D eigenvalue weighted by molar-refractivity contribution is 7.91. The Morgan fingerprint density at radius 3 is 2.59 bits per heavy atom. The lowest BCUT2D eigenvalue weighted by atomic mass is 10.1. The van der Waals surface area contributed by atoms with Crippen LogP contribution in [0.3, 0.4) is 0 Å². The summed E-state index contributed by atoms with van der Waals surface area (Å²) < 4.78 is 38.0. The van der Waals surface area contributed by atoms with Gasteiger partial charge in [-0.25, -0.2) is 17.8 Å². The van der Waals surface area contributed by atoms with Gasteiger partial charge in [-0.05, 0) is 37.6 Å². The van der Waals surface area contributed by atoms with E-state index in [9.17, 15) is 12.8 Å². The maximum absolute atomic E-state index is 14.7. The Morgan fingerprint density at radius 1 is 1.24 bits per heavy atom. The van der Waals surface area contributed by atoms with Crippen molar-refractivity contribution in [1.29, 1.82) is 0 Å². The number of likely N-dealkylation sites (N-methyl/N-ethyl adjacent to an activating group) is 1. The molecular weight excluding hydrogens is 393 g/mol. The molecule has 1 unspecified atom stereocenters. The van der Waals surface area contributed by atoms with E-state index in [4.69, 9.17) is 0 Å². The predicted molar refractivity (Wildman–Crippen MR) is 116 cm³/mol. The summed E-state index contributed by atoms with van der Waals surface area (Å²) in [5.41, 5.74) is 1.43. The van der Waals surface area contributed by atoms with Crippen molar-refractivity contribution in [1.82, 2.24) is 15.5 Å². The van der Waals surface area contributed by atoms with Gasteiger partial charge in [-0.15, -0.1) is 0 Å². The van der Waals surface area contributed by atoms with Crippen LogP contribution in [-0.4, -0.2) is 76.1 Å². The summed E-state index contributed by atoms with van der Waals surface area (Å²) in [6.07, 6.45) is 0.585. The van der Waals surface area contributed by atoms with Gasteiger partial charge in [0.2, 0.25) is 0 Å². The molecule has 0 amide bonds. The number of guanidine groups is 1. The van der Waals surface area contributed by atoms with Gasteiger partial charge in [-0.2, -0.15) is 0 Å². The van der Waals surface area contributed by atoms with Crippen molar-refractivity contribution in [2.45, 2.75) is 32.9 Å². The summed E-state index contributed by atoms with van der Waals surface area (Å²) in [5.74, 6) is 0.687. The minimum atomic E-state index is -2.95. The summed E-state index contributed by atoms with van der Waals surface area (Å²) in [7, 11) is -2.95. The monoisotopic (exact) mass is 425 g/mol. The number of benzene rings is 1. The van der Waals surface area contributed by atoms with Gasteiger partial charge in [0.1, 0.15) is 5.82 Å². The molecule has 1 aromatic rings. The first kappa shape index (κ1) is 21.8. The van der Waals surface area contributed by atoms with Gasteiger partial charge in [-0.1, -0.05) is 13.0 Å². The van der Waals surface area contributed by atoms with Crippen LogP contribution < -0.4 is 15.5 Å². The number of nitrogens with zero attached hydrogens (tertiary/aromatic N) is 3. The van der Waals surface area contributed by atoms with E-state index >= 15 is 0 Å². The van der Waals surface area contributed by atoms with Crippen molar-refractivity contribution < 1.29 is 12.8 Å².